The first-order valence-corrected chi connectivity index (χ1v) is 4.37. The Kier molecular flexibility index (Phi) is 1.85. The zero-order chi connectivity index (χ0) is 9.42. The van der Waals surface area contributed by atoms with E-state index in [1.807, 2.05) is 25.1 Å². The van der Waals surface area contributed by atoms with E-state index in [0.717, 1.165) is 22.2 Å². The van der Waals surface area contributed by atoms with Gasteiger partial charge >= 0.3 is 0 Å². The zero-order valence-electron chi connectivity index (χ0n) is 7.21. The van der Waals surface area contributed by atoms with Crippen LogP contribution in [0.5, 0.6) is 0 Å². The smallest absolute Gasteiger partial charge is 0.130 e. The number of benzene rings is 1. The average Bonchev–Trinajstić information content (AvgIpc) is 2.07. The van der Waals surface area contributed by atoms with E-state index in [-0.39, 0.29) is 0 Å². The van der Waals surface area contributed by atoms with Crippen molar-refractivity contribution in [2.24, 2.45) is 0 Å². The number of aryl methyl sites for hydroxylation is 1. The molecule has 0 aliphatic rings. The van der Waals surface area contributed by atoms with Crippen LogP contribution in [0.2, 0.25) is 5.15 Å². The lowest BCUT2D eigenvalue weighted by Gasteiger charge is -2.04. The van der Waals surface area contributed by atoms with E-state index in [4.69, 9.17) is 17.3 Å². The van der Waals surface area contributed by atoms with Gasteiger partial charge in [0, 0.05) is 22.2 Å². The van der Waals surface area contributed by atoms with Crippen LogP contribution in [0.4, 0.5) is 5.69 Å². The van der Waals surface area contributed by atoms with Crippen LogP contribution in [0.25, 0.3) is 10.8 Å². The van der Waals surface area contributed by atoms with Gasteiger partial charge in [-0.1, -0.05) is 23.7 Å². The van der Waals surface area contributed by atoms with Crippen molar-refractivity contribution in [3.63, 3.8) is 0 Å². The third-order valence-corrected chi connectivity index (χ3v) is 2.26. The Morgan fingerprint density at radius 3 is 2.85 bits per heavy atom. The van der Waals surface area contributed by atoms with Crippen LogP contribution in [0.3, 0.4) is 0 Å². The molecule has 0 saturated carbocycles. The van der Waals surface area contributed by atoms with Gasteiger partial charge in [0.15, 0.2) is 0 Å². The molecule has 2 N–H and O–H groups in total. The van der Waals surface area contributed by atoms with Gasteiger partial charge in [0.2, 0.25) is 0 Å². The van der Waals surface area contributed by atoms with Crippen LogP contribution in [0.1, 0.15) is 5.69 Å². The number of fused-ring (bicyclic) bond motifs is 1. The third kappa shape index (κ3) is 1.33. The predicted octanol–water partition coefficient (Wildman–Crippen LogP) is 2.78. The van der Waals surface area contributed by atoms with Gasteiger partial charge in [-0.15, -0.1) is 0 Å². The topological polar surface area (TPSA) is 38.9 Å². The minimum atomic E-state index is 0.489. The molecule has 66 valence electrons. The van der Waals surface area contributed by atoms with Crippen LogP contribution >= 0.6 is 11.6 Å². The molecule has 2 rings (SSSR count). The number of rotatable bonds is 0. The van der Waals surface area contributed by atoms with Crippen molar-refractivity contribution in [2.45, 2.75) is 6.92 Å². The van der Waals surface area contributed by atoms with Crippen LogP contribution < -0.4 is 5.73 Å². The summed E-state index contributed by atoms with van der Waals surface area (Å²) in [6.07, 6.45) is 0. The van der Waals surface area contributed by atoms with Crippen LogP contribution in [-0.4, -0.2) is 4.98 Å². The number of anilines is 1. The molecular weight excluding hydrogens is 184 g/mol. The van der Waals surface area contributed by atoms with Gasteiger partial charge in [-0.3, -0.25) is 0 Å². The molecule has 0 fully saturated rings. The molecule has 0 spiro atoms. The van der Waals surface area contributed by atoms with Crippen molar-refractivity contribution in [1.82, 2.24) is 4.98 Å². The van der Waals surface area contributed by atoms with Crippen LogP contribution in [0, 0.1) is 6.92 Å². The first-order chi connectivity index (χ1) is 6.18. The fourth-order valence-electron chi connectivity index (χ4n) is 1.43. The predicted molar refractivity (Wildman–Crippen MR) is 55.9 cm³/mol. The summed E-state index contributed by atoms with van der Waals surface area (Å²) in [6, 6.07) is 7.56. The van der Waals surface area contributed by atoms with Gasteiger partial charge in [-0.05, 0) is 19.1 Å². The van der Waals surface area contributed by atoms with Crippen LogP contribution in [-0.2, 0) is 0 Å². The number of nitrogens with zero attached hydrogens (tertiary/aromatic N) is 1. The first kappa shape index (κ1) is 8.32. The quantitative estimate of drug-likeness (QED) is 0.515. The van der Waals surface area contributed by atoms with Crippen molar-refractivity contribution in [3.05, 3.63) is 35.1 Å². The number of halogens is 1. The molecule has 0 amide bonds. The number of hydrogen-bond acceptors (Lipinski definition) is 2. The second-order valence-corrected chi connectivity index (χ2v) is 3.36. The molecule has 2 aromatic rings. The van der Waals surface area contributed by atoms with Gasteiger partial charge in [0.25, 0.3) is 0 Å². The van der Waals surface area contributed by atoms with E-state index in [9.17, 15) is 0 Å². The summed E-state index contributed by atoms with van der Waals surface area (Å²) in [5.41, 5.74) is 7.46. The fourth-order valence-corrected chi connectivity index (χ4v) is 1.67. The third-order valence-electron chi connectivity index (χ3n) is 2.07. The maximum Gasteiger partial charge on any atom is 0.130 e. The van der Waals surface area contributed by atoms with E-state index in [2.05, 4.69) is 4.98 Å². The lowest BCUT2D eigenvalue weighted by molar-refractivity contribution is 1.24. The lowest BCUT2D eigenvalue weighted by Crippen LogP contribution is -1.90. The molecule has 1 heterocycles. The number of pyridine rings is 1. The Morgan fingerprint density at radius 1 is 1.31 bits per heavy atom. The molecule has 0 unspecified atom stereocenters. The molecule has 0 saturated heterocycles. The molecule has 0 bridgehead atoms. The zero-order valence-corrected chi connectivity index (χ0v) is 7.97. The molecule has 3 heteroatoms. The molecule has 0 radical (unpaired) electrons. The van der Waals surface area contributed by atoms with Crippen molar-refractivity contribution in [3.8, 4) is 0 Å². The van der Waals surface area contributed by atoms with Gasteiger partial charge in [0.05, 0.1) is 0 Å². The van der Waals surface area contributed by atoms with Gasteiger partial charge in [0.1, 0.15) is 5.15 Å². The normalized spacial score (nSPS) is 10.6. The molecule has 0 aliphatic heterocycles. The fraction of sp³-hybridized carbons (Fsp3) is 0.100. The first-order valence-electron chi connectivity index (χ1n) is 4.00. The summed E-state index contributed by atoms with van der Waals surface area (Å²) >= 11 is 5.83. The molecule has 1 aromatic heterocycles. The van der Waals surface area contributed by atoms with Gasteiger partial charge in [-0.25, -0.2) is 4.98 Å². The summed E-state index contributed by atoms with van der Waals surface area (Å²) in [6.45, 7) is 1.92. The molecule has 0 atom stereocenters. The van der Waals surface area contributed by atoms with E-state index in [1.54, 1.807) is 6.07 Å². The summed E-state index contributed by atoms with van der Waals surface area (Å²) in [5.74, 6) is 0. The summed E-state index contributed by atoms with van der Waals surface area (Å²) < 4.78 is 0. The van der Waals surface area contributed by atoms with Gasteiger partial charge in [-0.2, -0.15) is 0 Å². The molecule has 1 aromatic carbocycles. The number of nitrogen functional groups attached to an aromatic ring is 1. The number of aromatic nitrogens is 1. The Balaban J connectivity index is 2.94. The summed E-state index contributed by atoms with van der Waals surface area (Å²) in [4.78, 5) is 4.15. The highest BCUT2D eigenvalue weighted by Gasteiger charge is 2.02. The maximum absolute atomic E-state index is 5.83. The average molecular weight is 193 g/mol. The van der Waals surface area contributed by atoms with E-state index in [0.29, 0.717) is 5.15 Å². The highest BCUT2D eigenvalue weighted by Crippen LogP contribution is 2.25. The largest absolute Gasteiger partial charge is 0.398 e. The minimum absolute atomic E-state index is 0.489. The van der Waals surface area contributed by atoms with Crippen molar-refractivity contribution in [2.75, 3.05) is 5.73 Å². The Hall–Kier alpha value is -1.28. The van der Waals surface area contributed by atoms with Crippen molar-refractivity contribution in [1.29, 1.82) is 0 Å². The maximum atomic E-state index is 5.83. The minimum Gasteiger partial charge on any atom is -0.398 e. The Bertz CT molecular complexity index is 466. The standard InChI is InChI=1S/C10H9ClN2/c1-6-7-3-2-4-9(12)8(7)5-10(11)13-6/h2-5H,12H2,1H3. The van der Waals surface area contributed by atoms with E-state index < -0.39 is 0 Å². The van der Waals surface area contributed by atoms with Gasteiger partial charge < -0.3 is 5.73 Å². The molecular formula is C10H9ClN2. The van der Waals surface area contributed by atoms with Crippen molar-refractivity contribution >= 4 is 28.1 Å². The summed E-state index contributed by atoms with van der Waals surface area (Å²) in [7, 11) is 0. The number of hydrogen-bond donors (Lipinski definition) is 1. The molecule has 13 heavy (non-hydrogen) atoms. The Morgan fingerprint density at radius 2 is 2.08 bits per heavy atom. The lowest BCUT2D eigenvalue weighted by atomic mass is 10.1. The van der Waals surface area contributed by atoms with E-state index in [1.165, 1.54) is 0 Å². The summed E-state index contributed by atoms with van der Waals surface area (Å²) in [5, 5.41) is 2.52. The SMILES string of the molecule is Cc1nc(Cl)cc2c(N)cccc12. The second-order valence-electron chi connectivity index (χ2n) is 2.97. The van der Waals surface area contributed by atoms with E-state index >= 15 is 0 Å². The Labute approximate surface area is 81.3 Å². The van der Waals surface area contributed by atoms with Crippen LogP contribution in [0.15, 0.2) is 24.3 Å². The molecule has 2 nitrogen and oxygen atoms in total. The second kappa shape index (κ2) is 2.89. The highest BCUT2D eigenvalue weighted by atomic mass is 35.5. The highest BCUT2D eigenvalue weighted by molar-refractivity contribution is 6.30. The van der Waals surface area contributed by atoms with Crippen molar-refractivity contribution < 1.29 is 0 Å². The molecule has 0 aliphatic carbocycles. The number of nitrogens with two attached hydrogens (primary N) is 1. The monoisotopic (exact) mass is 192 g/mol.